The maximum absolute atomic E-state index is 4.93. The van der Waals surface area contributed by atoms with Gasteiger partial charge in [-0.25, -0.2) is 15.0 Å². The van der Waals surface area contributed by atoms with Crippen LogP contribution in [-0.2, 0) is 5.41 Å². The molecule has 0 N–H and O–H groups in total. The van der Waals surface area contributed by atoms with Crippen molar-refractivity contribution in [1.82, 2.24) is 15.0 Å². The van der Waals surface area contributed by atoms with Crippen molar-refractivity contribution in [3.05, 3.63) is 229 Å². The van der Waals surface area contributed by atoms with Crippen LogP contribution >= 0.6 is 0 Å². The van der Waals surface area contributed by atoms with Crippen molar-refractivity contribution >= 4 is 17.1 Å². The molecule has 9 aromatic rings. The Kier molecular flexibility index (Phi) is 7.36. The summed E-state index contributed by atoms with van der Waals surface area (Å²) in [7, 11) is 0. The van der Waals surface area contributed by atoms with E-state index in [9.17, 15) is 0 Å². The summed E-state index contributed by atoms with van der Waals surface area (Å²) in [5.74, 6) is 1.96. The molecule has 0 bridgehead atoms. The van der Waals surface area contributed by atoms with E-state index in [1.165, 1.54) is 44.8 Å². The maximum atomic E-state index is 4.93. The zero-order chi connectivity index (χ0) is 37.1. The smallest absolute Gasteiger partial charge is 0.164 e. The van der Waals surface area contributed by atoms with Crippen LogP contribution in [0.25, 0.3) is 56.4 Å². The van der Waals surface area contributed by atoms with Crippen molar-refractivity contribution in [2.45, 2.75) is 5.41 Å². The maximum Gasteiger partial charge on any atom is 0.164 e. The molecule has 0 unspecified atom stereocenters. The fourth-order valence-corrected chi connectivity index (χ4v) is 8.89. The highest BCUT2D eigenvalue weighted by Gasteiger charge is 2.51. The molecule has 0 amide bonds. The number of hydrogen-bond acceptors (Lipinski definition) is 4. The average Bonchev–Trinajstić information content (AvgIpc) is 3.58. The molecule has 0 fully saturated rings. The molecule has 1 aliphatic heterocycles. The molecule has 0 atom stereocenters. The van der Waals surface area contributed by atoms with Crippen molar-refractivity contribution in [3.63, 3.8) is 0 Å². The predicted molar refractivity (Wildman–Crippen MR) is 227 cm³/mol. The number of anilines is 3. The van der Waals surface area contributed by atoms with Crippen LogP contribution in [0.15, 0.2) is 206 Å². The summed E-state index contributed by atoms with van der Waals surface area (Å²) in [6, 6.07) is 73.4. The number of rotatable bonds is 5. The zero-order valence-corrected chi connectivity index (χ0v) is 30.4. The highest BCUT2D eigenvalue weighted by atomic mass is 15.2. The molecule has 0 saturated heterocycles. The van der Waals surface area contributed by atoms with E-state index in [4.69, 9.17) is 15.0 Å². The van der Waals surface area contributed by atoms with Crippen LogP contribution in [0.2, 0.25) is 0 Å². The lowest BCUT2D eigenvalue weighted by Gasteiger charge is -2.45. The molecule has 2 aliphatic rings. The number of hydrogen-bond donors (Lipinski definition) is 0. The van der Waals surface area contributed by atoms with E-state index >= 15 is 0 Å². The minimum absolute atomic E-state index is 0.416. The molecule has 1 spiro atoms. The molecule has 0 radical (unpaired) electrons. The lowest BCUT2D eigenvalue weighted by Crippen LogP contribution is -2.36. The van der Waals surface area contributed by atoms with Crippen molar-refractivity contribution in [2.24, 2.45) is 0 Å². The van der Waals surface area contributed by atoms with Gasteiger partial charge in [0, 0.05) is 22.4 Å². The van der Waals surface area contributed by atoms with Crippen LogP contribution in [0, 0.1) is 0 Å². The Morgan fingerprint density at radius 1 is 0.286 bits per heavy atom. The van der Waals surface area contributed by atoms with E-state index in [1.807, 2.05) is 60.7 Å². The van der Waals surface area contributed by atoms with Crippen LogP contribution in [0.4, 0.5) is 17.1 Å². The summed E-state index contributed by atoms with van der Waals surface area (Å²) in [5.41, 5.74) is 16.1. The fourth-order valence-electron chi connectivity index (χ4n) is 8.89. The minimum atomic E-state index is -0.416. The standard InChI is InChI=1S/C52H34N4/c1-3-15-37(16-4-1)49-53-50(38-17-5-2-6-18-38)55-51(54-49)39-29-27-35(28-30-39)36-31-33-40(34-32-36)56-47-25-13-11-23-45(47)52(46-24-12-14-26-48(46)56)43-21-9-7-19-41(43)42-20-8-10-22-44(42)52/h1-34H. The van der Waals surface area contributed by atoms with Crippen molar-refractivity contribution in [1.29, 1.82) is 0 Å². The van der Waals surface area contributed by atoms with Crippen molar-refractivity contribution < 1.29 is 0 Å². The molecule has 1 aromatic heterocycles. The highest BCUT2D eigenvalue weighted by molar-refractivity contribution is 5.95. The number of benzene rings is 8. The van der Waals surface area contributed by atoms with Crippen molar-refractivity contribution in [3.8, 4) is 56.4 Å². The van der Waals surface area contributed by atoms with Crippen LogP contribution in [0.3, 0.4) is 0 Å². The summed E-state index contributed by atoms with van der Waals surface area (Å²) in [6.07, 6.45) is 0. The largest absolute Gasteiger partial charge is 0.310 e. The number of aromatic nitrogens is 3. The van der Waals surface area contributed by atoms with Gasteiger partial charge in [0.25, 0.3) is 0 Å². The van der Waals surface area contributed by atoms with E-state index in [2.05, 4.69) is 150 Å². The molecule has 4 nitrogen and oxygen atoms in total. The molecule has 0 saturated carbocycles. The summed E-state index contributed by atoms with van der Waals surface area (Å²) in [6.45, 7) is 0. The van der Waals surface area contributed by atoms with E-state index in [0.29, 0.717) is 17.5 Å². The first-order valence-electron chi connectivity index (χ1n) is 19.0. The molecule has 56 heavy (non-hydrogen) atoms. The summed E-state index contributed by atoms with van der Waals surface area (Å²) < 4.78 is 0. The van der Waals surface area contributed by atoms with Crippen molar-refractivity contribution in [2.75, 3.05) is 4.90 Å². The number of fused-ring (bicyclic) bond motifs is 9. The van der Waals surface area contributed by atoms with E-state index in [0.717, 1.165) is 33.5 Å². The Morgan fingerprint density at radius 2 is 0.625 bits per heavy atom. The van der Waals surface area contributed by atoms with Crippen LogP contribution in [0.5, 0.6) is 0 Å². The Morgan fingerprint density at radius 3 is 1.09 bits per heavy atom. The minimum Gasteiger partial charge on any atom is -0.310 e. The quantitative estimate of drug-likeness (QED) is 0.178. The van der Waals surface area contributed by atoms with Gasteiger partial charge in [-0.1, -0.05) is 182 Å². The van der Waals surface area contributed by atoms with Crippen LogP contribution in [0.1, 0.15) is 22.3 Å². The van der Waals surface area contributed by atoms with Gasteiger partial charge in [-0.2, -0.15) is 0 Å². The first-order valence-corrected chi connectivity index (χ1v) is 19.0. The van der Waals surface area contributed by atoms with Gasteiger partial charge in [0.15, 0.2) is 17.5 Å². The fraction of sp³-hybridized carbons (Fsp3) is 0.0192. The molecule has 262 valence electrons. The van der Waals surface area contributed by atoms with E-state index < -0.39 is 5.41 Å². The molecule has 1 aliphatic carbocycles. The molecule has 2 heterocycles. The van der Waals surface area contributed by atoms with Crippen LogP contribution < -0.4 is 4.90 Å². The SMILES string of the molecule is c1ccc(-c2nc(-c3ccccc3)nc(-c3ccc(-c4ccc(N5c6ccccc6C6(c7ccccc7-c7ccccc76)c6ccccc65)cc4)cc3)n2)cc1. The summed E-state index contributed by atoms with van der Waals surface area (Å²) in [4.78, 5) is 17.1. The monoisotopic (exact) mass is 714 g/mol. The lowest BCUT2D eigenvalue weighted by atomic mass is 9.64. The Hall–Kier alpha value is -7.43. The number of para-hydroxylation sites is 2. The molecule has 11 rings (SSSR count). The summed E-state index contributed by atoms with van der Waals surface area (Å²) >= 11 is 0. The second-order valence-corrected chi connectivity index (χ2v) is 14.4. The lowest BCUT2D eigenvalue weighted by molar-refractivity contribution is 0.752. The summed E-state index contributed by atoms with van der Waals surface area (Å²) in [5, 5.41) is 0. The Balaban J connectivity index is 0.969. The van der Waals surface area contributed by atoms with Gasteiger partial charge in [-0.3, -0.25) is 0 Å². The Bertz CT molecular complexity index is 2750. The Labute approximate surface area is 326 Å². The van der Waals surface area contributed by atoms with Gasteiger partial charge in [-0.15, -0.1) is 0 Å². The van der Waals surface area contributed by atoms with Gasteiger partial charge in [0.2, 0.25) is 0 Å². The zero-order valence-electron chi connectivity index (χ0n) is 30.4. The van der Waals surface area contributed by atoms with Crippen LogP contribution in [-0.4, -0.2) is 15.0 Å². The first kappa shape index (κ1) is 32.0. The van der Waals surface area contributed by atoms with E-state index in [-0.39, 0.29) is 0 Å². The third-order valence-electron chi connectivity index (χ3n) is 11.4. The molecular weight excluding hydrogens is 681 g/mol. The highest BCUT2D eigenvalue weighted by Crippen LogP contribution is 2.63. The molecule has 4 heteroatoms. The third-order valence-corrected chi connectivity index (χ3v) is 11.4. The number of nitrogens with zero attached hydrogens (tertiary/aromatic N) is 4. The topological polar surface area (TPSA) is 41.9 Å². The molecular formula is C52H34N4. The van der Waals surface area contributed by atoms with E-state index in [1.54, 1.807) is 0 Å². The van der Waals surface area contributed by atoms with Gasteiger partial charge < -0.3 is 4.90 Å². The van der Waals surface area contributed by atoms with Gasteiger partial charge in [0.05, 0.1) is 16.8 Å². The average molecular weight is 715 g/mol. The third kappa shape index (κ3) is 4.89. The predicted octanol–water partition coefficient (Wildman–Crippen LogP) is 12.7. The normalized spacial score (nSPS) is 13.1. The van der Waals surface area contributed by atoms with Gasteiger partial charge in [0.1, 0.15) is 0 Å². The molecule has 8 aromatic carbocycles. The second kappa shape index (κ2) is 12.9. The first-order chi connectivity index (χ1) is 27.8. The van der Waals surface area contributed by atoms with Gasteiger partial charge >= 0.3 is 0 Å². The van der Waals surface area contributed by atoms with Gasteiger partial charge in [-0.05, 0) is 68.8 Å². The second-order valence-electron chi connectivity index (χ2n) is 14.4.